The van der Waals surface area contributed by atoms with E-state index < -0.39 is 11.7 Å². The highest BCUT2D eigenvalue weighted by molar-refractivity contribution is 5.95. The van der Waals surface area contributed by atoms with Crippen molar-refractivity contribution in [1.82, 2.24) is 5.32 Å². The first-order chi connectivity index (χ1) is 14.3. The van der Waals surface area contributed by atoms with Gasteiger partial charge in [0.2, 0.25) is 0 Å². The standard InChI is InChI=1S/C24H26N2O4/c1-24(2,3)30-23(28)26-19-13-11-18(12-14-19)22(27)25-15-16-29-21-10-6-8-17-7-4-5-9-20(17)21/h4-14H,15-16H2,1-3H3,(H,25,27)(H,26,28). The fourth-order valence-corrected chi connectivity index (χ4v) is 2.88. The zero-order valence-corrected chi connectivity index (χ0v) is 17.4. The van der Waals surface area contributed by atoms with Gasteiger partial charge in [-0.2, -0.15) is 0 Å². The maximum Gasteiger partial charge on any atom is 0.412 e. The fourth-order valence-electron chi connectivity index (χ4n) is 2.88. The Morgan fingerprint density at radius 1 is 0.900 bits per heavy atom. The molecule has 0 aromatic heterocycles. The monoisotopic (exact) mass is 406 g/mol. The van der Waals surface area contributed by atoms with Crippen molar-refractivity contribution in [2.45, 2.75) is 26.4 Å². The molecule has 0 heterocycles. The number of hydrogen-bond donors (Lipinski definition) is 2. The van der Waals surface area contributed by atoms with Gasteiger partial charge in [-0.1, -0.05) is 36.4 Å². The van der Waals surface area contributed by atoms with Crippen LogP contribution in [0.25, 0.3) is 10.8 Å². The second-order valence-electron chi connectivity index (χ2n) is 7.79. The first kappa shape index (κ1) is 21.2. The number of benzene rings is 3. The maximum atomic E-state index is 12.3. The molecule has 156 valence electrons. The molecule has 3 aromatic carbocycles. The van der Waals surface area contributed by atoms with Crippen molar-refractivity contribution in [3.8, 4) is 5.75 Å². The Kier molecular flexibility index (Phi) is 6.57. The van der Waals surface area contributed by atoms with Gasteiger partial charge in [-0.05, 0) is 56.5 Å². The van der Waals surface area contributed by atoms with E-state index in [0.717, 1.165) is 16.5 Å². The highest BCUT2D eigenvalue weighted by Crippen LogP contribution is 2.24. The van der Waals surface area contributed by atoms with Crippen LogP contribution in [0, 0.1) is 0 Å². The number of carbonyl (C=O) groups is 2. The SMILES string of the molecule is CC(C)(C)OC(=O)Nc1ccc(C(=O)NCCOc2cccc3ccccc23)cc1. The Morgan fingerprint density at radius 2 is 1.60 bits per heavy atom. The molecule has 0 saturated carbocycles. The van der Waals surface area contributed by atoms with Crippen molar-refractivity contribution < 1.29 is 19.1 Å². The zero-order chi connectivity index (χ0) is 21.6. The molecule has 0 aliphatic heterocycles. The number of fused-ring (bicyclic) bond motifs is 1. The van der Waals surface area contributed by atoms with Gasteiger partial charge in [-0.3, -0.25) is 10.1 Å². The molecule has 0 atom stereocenters. The summed E-state index contributed by atoms with van der Waals surface area (Å²) in [5, 5.41) is 7.62. The number of anilines is 1. The van der Waals surface area contributed by atoms with Gasteiger partial charge < -0.3 is 14.8 Å². The summed E-state index contributed by atoms with van der Waals surface area (Å²) >= 11 is 0. The molecule has 0 saturated heterocycles. The first-order valence-corrected chi connectivity index (χ1v) is 9.81. The van der Waals surface area contributed by atoms with Crippen LogP contribution in [0.15, 0.2) is 66.7 Å². The van der Waals surface area contributed by atoms with Crippen molar-refractivity contribution in [2.75, 3.05) is 18.5 Å². The van der Waals surface area contributed by atoms with E-state index in [2.05, 4.69) is 10.6 Å². The molecule has 0 aliphatic carbocycles. The topological polar surface area (TPSA) is 76.7 Å². The largest absolute Gasteiger partial charge is 0.491 e. The number of amides is 2. The lowest BCUT2D eigenvalue weighted by Crippen LogP contribution is -2.28. The average molecular weight is 406 g/mol. The molecule has 0 unspecified atom stereocenters. The Morgan fingerprint density at radius 3 is 2.33 bits per heavy atom. The molecule has 0 bridgehead atoms. The molecule has 2 N–H and O–H groups in total. The molecule has 0 aliphatic rings. The number of rotatable bonds is 6. The lowest BCUT2D eigenvalue weighted by molar-refractivity contribution is 0.0635. The predicted octanol–water partition coefficient (Wildman–Crippen LogP) is 5.00. The second-order valence-corrected chi connectivity index (χ2v) is 7.79. The number of hydrogen-bond acceptors (Lipinski definition) is 4. The number of ether oxygens (including phenoxy) is 2. The lowest BCUT2D eigenvalue weighted by atomic mass is 10.1. The van der Waals surface area contributed by atoms with Crippen molar-refractivity contribution in [1.29, 1.82) is 0 Å². The van der Waals surface area contributed by atoms with E-state index in [9.17, 15) is 9.59 Å². The van der Waals surface area contributed by atoms with Crippen LogP contribution in [-0.4, -0.2) is 30.8 Å². The Hall–Kier alpha value is -3.54. The number of carbonyl (C=O) groups excluding carboxylic acids is 2. The molecular weight excluding hydrogens is 380 g/mol. The quantitative estimate of drug-likeness (QED) is 0.565. The van der Waals surface area contributed by atoms with Gasteiger partial charge in [0.25, 0.3) is 5.91 Å². The van der Waals surface area contributed by atoms with Crippen LogP contribution in [0.1, 0.15) is 31.1 Å². The Labute approximate surface area is 176 Å². The number of nitrogens with one attached hydrogen (secondary N) is 2. The minimum atomic E-state index is -0.571. The minimum Gasteiger partial charge on any atom is -0.491 e. The van der Waals surface area contributed by atoms with Crippen molar-refractivity contribution >= 4 is 28.5 Å². The molecule has 0 fully saturated rings. The summed E-state index contributed by atoms with van der Waals surface area (Å²) in [6.45, 7) is 6.12. The van der Waals surface area contributed by atoms with Gasteiger partial charge >= 0.3 is 6.09 Å². The fraction of sp³-hybridized carbons (Fsp3) is 0.250. The second kappa shape index (κ2) is 9.31. The van der Waals surface area contributed by atoms with Crippen LogP contribution in [0.4, 0.5) is 10.5 Å². The van der Waals surface area contributed by atoms with Crippen LogP contribution in [0.3, 0.4) is 0 Å². The van der Waals surface area contributed by atoms with E-state index in [4.69, 9.17) is 9.47 Å². The van der Waals surface area contributed by atoms with Crippen LogP contribution < -0.4 is 15.4 Å². The minimum absolute atomic E-state index is 0.208. The highest BCUT2D eigenvalue weighted by Gasteiger charge is 2.16. The maximum absolute atomic E-state index is 12.3. The van der Waals surface area contributed by atoms with Crippen LogP contribution in [0.5, 0.6) is 5.75 Å². The van der Waals surface area contributed by atoms with E-state index in [1.807, 2.05) is 42.5 Å². The van der Waals surface area contributed by atoms with Gasteiger partial charge in [-0.25, -0.2) is 4.79 Å². The summed E-state index contributed by atoms with van der Waals surface area (Å²) in [5.74, 6) is 0.584. The van der Waals surface area contributed by atoms with E-state index in [1.54, 1.807) is 45.0 Å². The summed E-state index contributed by atoms with van der Waals surface area (Å²) in [7, 11) is 0. The smallest absolute Gasteiger partial charge is 0.412 e. The van der Waals surface area contributed by atoms with Crippen molar-refractivity contribution in [3.05, 3.63) is 72.3 Å². The van der Waals surface area contributed by atoms with E-state index in [-0.39, 0.29) is 5.91 Å². The third-order valence-electron chi connectivity index (χ3n) is 4.19. The Bertz CT molecular complexity index is 1020. The predicted molar refractivity (Wildman–Crippen MR) is 118 cm³/mol. The zero-order valence-electron chi connectivity index (χ0n) is 17.4. The normalized spacial score (nSPS) is 11.0. The third kappa shape index (κ3) is 5.98. The first-order valence-electron chi connectivity index (χ1n) is 9.81. The average Bonchev–Trinajstić information content (AvgIpc) is 2.70. The van der Waals surface area contributed by atoms with Crippen LogP contribution in [-0.2, 0) is 4.74 Å². The molecule has 30 heavy (non-hydrogen) atoms. The van der Waals surface area contributed by atoms with E-state index >= 15 is 0 Å². The molecule has 0 radical (unpaired) electrons. The molecule has 3 aromatic rings. The van der Waals surface area contributed by atoms with Crippen LogP contribution >= 0.6 is 0 Å². The van der Waals surface area contributed by atoms with Gasteiger partial charge in [0.1, 0.15) is 18.0 Å². The summed E-state index contributed by atoms with van der Waals surface area (Å²) in [6, 6.07) is 20.5. The molecular formula is C24H26N2O4. The lowest BCUT2D eigenvalue weighted by Gasteiger charge is -2.19. The molecule has 3 rings (SSSR count). The summed E-state index contributed by atoms with van der Waals surface area (Å²) < 4.78 is 11.0. The van der Waals surface area contributed by atoms with Crippen molar-refractivity contribution in [3.63, 3.8) is 0 Å². The molecule has 0 spiro atoms. The third-order valence-corrected chi connectivity index (χ3v) is 4.19. The van der Waals surface area contributed by atoms with Crippen molar-refractivity contribution in [2.24, 2.45) is 0 Å². The summed E-state index contributed by atoms with van der Waals surface area (Å²) in [6.07, 6.45) is -0.537. The van der Waals surface area contributed by atoms with E-state index in [0.29, 0.717) is 24.4 Å². The van der Waals surface area contributed by atoms with Gasteiger partial charge in [-0.15, -0.1) is 0 Å². The molecule has 6 heteroatoms. The van der Waals surface area contributed by atoms with Crippen LogP contribution in [0.2, 0.25) is 0 Å². The molecule has 6 nitrogen and oxygen atoms in total. The van der Waals surface area contributed by atoms with E-state index in [1.165, 1.54) is 0 Å². The summed E-state index contributed by atoms with van der Waals surface area (Å²) in [5.41, 5.74) is 0.480. The van der Waals surface area contributed by atoms with Gasteiger partial charge in [0.05, 0.1) is 6.54 Å². The molecule has 2 amide bonds. The summed E-state index contributed by atoms with van der Waals surface area (Å²) in [4.78, 5) is 24.1. The highest BCUT2D eigenvalue weighted by atomic mass is 16.6. The Balaban J connectivity index is 1.47. The van der Waals surface area contributed by atoms with Gasteiger partial charge in [0, 0.05) is 16.6 Å². The van der Waals surface area contributed by atoms with Gasteiger partial charge in [0.15, 0.2) is 0 Å².